The van der Waals surface area contributed by atoms with Crippen molar-refractivity contribution in [1.82, 2.24) is 14.9 Å². The monoisotopic (exact) mass is 385 g/mol. The van der Waals surface area contributed by atoms with Gasteiger partial charge in [-0.3, -0.25) is 9.59 Å². The molecular formula is C22H28FN3O2. The van der Waals surface area contributed by atoms with E-state index in [4.69, 9.17) is 0 Å². The third kappa shape index (κ3) is 4.66. The first-order chi connectivity index (χ1) is 13.1. The number of nitrogens with zero attached hydrogens (tertiary/aromatic N) is 2. The third-order valence-electron chi connectivity index (χ3n) is 5.03. The summed E-state index contributed by atoms with van der Waals surface area (Å²) in [4.78, 5) is 34.2. The zero-order valence-corrected chi connectivity index (χ0v) is 17.0. The summed E-state index contributed by atoms with van der Waals surface area (Å²) in [5, 5.41) is 0. The quantitative estimate of drug-likeness (QED) is 0.867. The molecule has 1 aromatic carbocycles. The van der Waals surface area contributed by atoms with Gasteiger partial charge in [0.15, 0.2) is 0 Å². The number of carbonyl (C=O) groups excluding carboxylic acids is 1. The molecule has 2 aromatic rings. The number of aromatic nitrogens is 2. The van der Waals surface area contributed by atoms with Crippen LogP contribution in [0.1, 0.15) is 51.8 Å². The predicted octanol–water partition coefficient (Wildman–Crippen LogP) is 3.92. The second kappa shape index (κ2) is 7.86. The number of nitrogens with one attached hydrogen (secondary N) is 1. The lowest BCUT2D eigenvalue weighted by atomic mass is 9.84. The number of aromatic amines is 1. The van der Waals surface area contributed by atoms with E-state index in [0.717, 1.165) is 6.42 Å². The zero-order valence-electron chi connectivity index (χ0n) is 17.0. The van der Waals surface area contributed by atoms with Crippen molar-refractivity contribution in [1.29, 1.82) is 0 Å². The van der Waals surface area contributed by atoms with Crippen LogP contribution < -0.4 is 5.56 Å². The Bertz CT molecular complexity index is 930. The predicted molar refractivity (Wildman–Crippen MR) is 107 cm³/mol. The fourth-order valence-corrected chi connectivity index (χ4v) is 3.96. The van der Waals surface area contributed by atoms with Crippen molar-refractivity contribution in [2.75, 3.05) is 6.54 Å². The molecule has 150 valence electrons. The van der Waals surface area contributed by atoms with Crippen LogP contribution in [-0.4, -0.2) is 27.3 Å². The lowest BCUT2D eigenvalue weighted by Gasteiger charge is -2.30. The van der Waals surface area contributed by atoms with E-state index < -0.39 is 5.82 Å². The maximum atomic E-state index is 14.0. The second-order valence-corrected chi connectivity index (χ2v) is 8.96. The van der Waals surface area contributed by atoms with Crippen LogP contribution in [0, 0.1) is 17.2 Å². The Balaban J connectivity index is 1.76. The van der Waals surface area contributed by atoms with Gasteiger partial charge in [0.2, 0.25) is 5.91 Å². The Labute approximate surface area is 165 Å². The van der Waals surface area contributed by atoms with E-state index in [2.05, 4.69) is 37.7 Å². The Hall–Kier alpha value is -2.50. The van der Waals surface area contributed by atoms with Crippen molar-refractivity contribution in [3.8, 4) is 11.4 Å². The summed E-state index contributed by atoms with van der Waals surface area (Å²) < 4.78 is 14.0. The summed E-state index contributed by atoms with van der Waals surface area (Å²) in [6.07, 6.45) is 1.95. The molecule has 1 N–H and O–H groups in total. The minimum atomic E-state index is -0.425. The van der Waals surface area contributed by atoms with E-state index in [1.54, 1.807) is 23.1 Å². The van der Waals surface area contributed by atoms with Crippen molar-refractivity contribution in [2.24, 2.45) is 11.3 Å². The summed E-state index contributed by atoms with van der Waals surface area (Å²) in [6, 6.07) is 6.24. The molecule has 0 spiro atoms. The number of amides is 1. The van der Waals surface area contributed by atoms with Crippen LogP contribution in [0.25, 0.3) is 11.4 Å². The summed E-state index contributed by atoms with van der Waals surface area (Å²) in [6.45, 7) is 9.39. The van der Waals surface area contributed by atoms with Crippen LogP contribution in [0.2, 0.25) is 0 Å². The third-order valence-corrected chi connectivity index (χ3v) is 5.03. The smallest absolute Gasteiger partial charge is 0.256 e. The van der Waals surface area contributed by atoms with Gasteiger partial charge in [-0.2, -0.15) is 0 Å². The van der Waals surface area contributed by atoms with E-state index in [9.17, 15) is 14.0 Å². The van der Waals surface area contributed by atoms with Gasteiger partial charge in [0.25, 0.3) is 5.56 Å². The summed E-state index contributed by atoms with van der Waals surface area (Å²) >= 11 is 0. The Kier molecular flexibility index (Phi) is 5.68. The van der Waals surface area contributed by atoms with Crippen LogP contribution in [0.3, 0.4) is 0 Å². The van der Waals surface area contributed by atoms with Crippen molar-refractivity contribution < 1.29 is 9.18 Å². The van der Waals surface area contributed by atoms with E-state index in [1.165, 1.54) is 6.07 Å². The number of rotatable bonds is 4. The Morgan fingerprint density at radius 1 is 1.32 bits per heavy atom. The average molecular weight is 385 g/mol. The van der Waals surface area contributed by atoms with Gasteiger partial charge in [0, 0.05) is 19.4 Å². The van der Waals surface area contributed by atoms with Gasteiger partial charge >= 0.3 is 0 Å². The SMILES string of the molecule is C[C@H](CC(=O)N1CCc2nc(-c3ccccc3F)[nH]c(=O)c2C1)CC(C)(C)C. The number of hydrogen-bond donors (Lipinski definition) is 1. The first kappa shape index (κ1) is 20.2. The standard InChI is InChI=1S/C22H28FN3O2/c1-14(12-22(2,3)4)11-19(27)26-10-9-18-16(13-26)21(28)25-20(24-18)15-7-5-6-8-17(15)23/h5-8,14H,9-13H2,1-4H3,(H,24,25,28)/t14-/m1/s1. The highest BCUT2D eigenvalue weighted by Crippen LogP contribution is 2.27. The molecular weight excluding hydrogens is 357 g/mol. The van der Waals surface area contributed by atoms with E-state index >= 15 is 0 Å². The lowest BCUT2D eigenvalue weighted by Crippen LogP contribution is -2.40. The van der Waals surface area contributed by atoms with Crippen LogP contribution in [0.5, 0.6) is 0 Å². The van der Waals surface area contributed by atoms with E-state index in [-0.39, 0.29) is 40.7 Å². The fourth-order valence-electron chi connectivity index (χ4n) is 3.96. The molecule has 3 rings (SSSR count). The molecule has 0 saturated heterocycles. The normalized spacial score (nSPS) is 15.2. The number of hydrogen-bond acceptors (Lipinski definition) is 3. The molecule has 6 heteroatoms. The molecule has 1 amide bonds. The van der Waals surface area contributed by atoms with Crippen LogP contribution >= 0.6 is 0 Å². The van der Waals surface area contributed by atoms with E-state index in [0.29, 0.717) is 30.6 Å². The number of fused-ring (bicyclic) bond motifs is 1. The molecule has 0 bridgehead atoms. The second-order valence-electron chi connectivity index (χ2n) is 8.96. The average Bonchev–Trinajstić information content (AvgIpc) is 2.60. The van der Waals surface area contributed by atoms with Crippen molar-refractivity contribution in [3.63, 3.8) is 0 Å². The molecule has 1 aliphatic rings. The number of carbonyl (C=O) groups is 1. The summed E-state index contributed by atoms with van der Waals surface area (Å²) in [7, 11) is 0. The summed E-state index contributed by atoms with van der Waals surface area (Å²) in [5.74, 6) is 0.167. The van der Waals surface area contributed by atoms with Gasteiger partial charge in [-0.05, 0) is 29.9 Å². The minimum absolute atomic E-state index is 0.0694. The molecule has 0 fully saturated rings. The minimum Gasteiger partial charge on any atom is -0.338 e. The number of H-pyrrole nitrogens is 1. The van der Waals surface area contributed by atoms with Gasteiger partial charge in [-0.25, -0.2) is 9.37 Å². The Morgan fingerprint density at radius 3 is 2.71 bits per heavy atom. The topological polar surface area (TPSA) is 66.1 Å². The Morgan fingerprint density at radius 2 is 2.04 bits per heavy atom. The van der Waals surface area contributed by atoms with Crippen LogP contribution in [0.15, 0.2) is 29.1 Å². The highest BCUT2D eigenvalue weighted by atomic mass is 19.1. The highest BCUT2D eigenvalue weighted by Gasteiger charge is 2.27. The van der Waals surface area contributed by atoms with Crippen molar-refractivity contribution in [2.45, 2.75) is 53.5 Å². The maximum Gasteiger partial charge on any atom is 0.256 e. The van der Waals surface area contributed by atoms with Crippen molar-refractivity contribution in [3.05, 3.63) is 51.7 Å². The highest BCUT2D eigenvalue weighted by molar-refractivity contribution is 5.76. The van der Waals surface area contributed by atoms with Gasteiger partial charge in [0.1, 0.15) is 11.6 Å². The molecule has 1 atom stereocenters. The zero-order chi connectivity index (χ0) is 20.5. The first-order valence-corrected chi connectivity index (χ1v) is 9.79. The first-order valence-electron chi connectivity index (χ1n) is 9.79. The maximum absolute atomic E-state index is 14.0. The molecule has 28 heavy (non-hydrogen) atoms. The van der Waals surface area contributed by atoms with Crippen molar-refractivity contribution >= 4 is 5.91 Å². The van der Waals surface area contributed by atoms with Gasteiger partial charge in [0.05, 0.1) is 23.4 Å². The van der Waals surface area contributed by atoms with Crippen LogP contribution in [-0.2, 0) is 17.8 Å². The molecule has 0 saturated carbocycles. The molecule has 0 radical (unpaired) electrons. The molecule has 1 aromatic heterocycles. The van der Waals surface area contributed by atoms with Gasteiger partial charge < -0.3 is 9.88 Å². The van der Waals surface area contributed by atoms with Gasteiger partial charge in [-0.15, -0.1) is 0 Å². The summed E-state index contributed by atoms with van der Waals surface area (Å²) in [5.41, 5.74) is 1.30. The number of benzene rings is 1. The van der Waals surface area contributed by atoms with Gasteiger partial charge in [-0.1, -0.05) is 39.8 Å². The fraction of sp³-hybridized carbons (Fsp3) is 0.500. The molecule has 1 aliphatic heterocycles. The molecule has 5 nitrogen and oxygen atoms in total. The lowest BCUT2D eigenvalue weighted by molar-refractivity contribution is -0.133. The van der Waals surface area contributed by atoms with Crippen LogP contribution in [0.4, 0.5) is 4.39 Å². The van der Waals surface area contributed by atoms with E-state index in [1.807, 2.05) is 0 Å². The molecule has 2 heterocycles. The largest absolute Gasteiger partial charge is 0.338 e. The molecule has 0 unspecified atom stereocenters. The number of halogens is 1. The molecule has 0 aliphatic carbocycles.